The van der Waals surface area contributed by atoms with Gasteiger partial charge in [0.1, 0.15) is 11.0 Å². The van der Waals surface area contributed by atoms with Crippen molar-refractivity contribution in [2.75, 3.05) is 6.61 Å². The molecule has 0 unspecified atom stereocenters. The van der Waals surface area contributed by atoms with Crippen molar-refractivity contribution < 1.29 is 13.2 Å². The second kappa shape index (κ2) is 4.51. The molecule has 80 valence electrons. The van der Waals surface area contributed by atoms with E-state index < -0.39 is 9.05 Å². The third kappa shape index (κ3) is 2.61. The topological polar surface area (TPSA) is 67.2 Å². The Labute approximate surface area is 92.5 Å². The summed E-state index contributed by atoms with van der Waals surface area (Å²) in [5.74, 6) is 0.0116. The van der Waals surface area contributed by atoms with Crippen molar-refractivity contribution in [2.45, 2.75) is 11.8 Å². The van der Waals surface area contributed by atoms with E-state index in [0.29, 0.717) is 0 Å². The first-order valence-electron chi connectivity index (χ1n) is 4.11. The Bertz CT molecular complexity index is 505. The quantitative estimate of drug-likeness (QED) is 0.763. The van der Waals surface area contributed by atoms with Gasteiger partial charge in [-0.3, -0.25) is 0 Å². The van der Waals surface area contributed by atoms with Gasteiger partial charge in [0, 0.05) is 10.7 Å². The number of para-hydroxylation sites is 1. The van der Waals surface area contributed by atoms with Gasteiger partial charge in [-0.2, -0.15) is 5.26 Å². The Morgan fingerprint density at radius 3 is 2.67 bits per heavy atom. The van der Waals surface area contributed by atoms with Crippen LogP contribution in [0.4, 0.5) is 0 Å². The van der Waals surface area contributed by atoms with Gasteiger partial charge in [-0.1, -0.05) is 6.07 Å². The molecule has 1 aromatic carbocycles. The summed E-state index contributed by atoms with van der Waals surface area (Å²) in [5, 5.41) is 8.77. The van der Waals surface area contributed by atoms with Gasteiger partial charge < -0.3 is 4.74 Å². The lowest BCUT2D eigenvalue weighted by molar-refractivity contribution is 0.330. The predicted molar refractivity (Wildman–Crippen MR) is 55.4 cm³/mol. The molecule has 0 spiro atoms. The highest BCUT2D eigenvalue weighted by Gasteiger charge is 2.19. The second-order valence-electron chi connectivity index (χ2n) is 2.62. The van der Waals surface area contributed by atoms with Crippen molar-refractivity contribution in [1.82, 2.24) is 0 Å². The Hall–Kier alpha value is -1.25. The van der Waals surface area contributed by atoms with Crippen LogP contribution in [0, 0.1) is 11.3 Å². The molecule has 0 radical (unpaired) electrons. The molecule has 0 N–H and O–H groups in total. The van der Waals surface area contributed by atoms with E-state index in [1.807, 2.05) is 6.07 Å². The number of hydrogen-bond donors (Lipinski definition) is 0. The Balaban J connectivity index is 3.47. The fourth-order valence-corrected chi connectivity index (χ4v) is 2.09. The van der Waals surface area contributed by atoms with Crippen LogP contribution < -0.4 is 4.74 Å². The molecule has 1 rings (SSSR count). The largest absolute Gasteiger partial charge is 0.491 e. The molecule has 0 aliphatic heterocycles. The number of hydrogen-bond acceptors (Lipinski definition) is 4. The molecule has 1 aromatic rings. The number of halogens is 1. The third-order valence-electron chi connectivity index (χ3n) is 1.65. The normalized spacial score (nSPS) is 10.7. The summed E-state index contributed by atoms with van der Waals surface area (Å²) in [6.07, 6.45) is 0. The molecular weight excluding hydrogens is 238 g/mol. The minimum absolute atomic E-state index is 0.0116. The van der Waals surface area contributed by atoms with Crippen LogP contribution in [-0.4, -0.2) is 15.0 Å². The standard InChI is InChI=1S/C9H8ClNO3S/c1-2-14-9-7(6-11)4-3-5-8(9)15(10,12)13/h3-5H,2H2,1H3. The monoisotopic (exact) mass is 245 g/mol. The maximum absolute atomic E-state index is 11.2. The Kier molecular flexibility index (Phi) is 3.56. The van der Waals surface area contributed by atoms with Gasteiger partial charge in [0.15, 0.2) is 5.75 Å². The maximum atomic E-state index is 11.2. The highest BCUT2D eigenvalue weighted by atomic mass is 35.7. The lowest BCUT2D eigenvalue weighted by atomic mass is 10.2. The minimum atomic E-state index is -3.89. The van der Waals surface area contributed by atoms with E-state index in [0.717, 1.165) is 0 Å². The average Bonchev–Trinajstić information content (AvgIpc) is 2.17. The van der Waals surface area contributed by atoms with Crippen LogP contribution >= 0.6 is 10.7 Å². The summed E-state index contributed by atoms with van der Waals surface area (Å²) in [5.41, 5.74) is 0.151. The predicted octanol–water partition coefficient (Wildman–Crippen LogP) is 1.88. The van der Waals surface area contributed by atoms with Crippen molar-refractivity contribution in [3.63, 3.8) is 0 Å². The smallest absolute Gasteiger partial charge is 0.265 e. The Morgan fingerprint density at radius 1 is 1.53 bits per heavy atom. The molecule has 6 heteroatoms. The average molecular weight is 246 g/mol. The van der Waals surface area contributed by atoms with Gasteiger partial charge >= 0.3 is 0 Å². The number of rotatable bonds is 3. The van der Waals surface area contributed by atoms with Crippen molar-refractivity contribution in [1.29, 1.82) is 5.26 Å². The Morgan fingerprint density at radius 2 is 2.20 bits per heavy atom. The molecule has 0 amide bonds. The fraction of sp³-hybridized carbons (Fsp3) is 0.222. The van der Waals surface area contributed by atoms with Crippen LogP contribution in [0.2, 0.25) is 0 Å². The third-order valence-corrected chi connectivity index (χ3v) is 3.00. The van der Waals surface area contributed by atoms with E-state index in [2.05, 4.69) is 0 Å². The molecule has 15 heavy (non-hydrogen) atoms. The molecule has 0 aliphatic carbocycles. The molecule has 4 nitrogen and oxygen atoms in total. The van der Waals surface area contributed by atoms with E-state index in [1.54, 1.807) is 6.92 Å². The number of ether oxygens (including phenoxy) is 1. The minimum Gasteiger partial charge on any atom is -0.491 e. The van der Waals surface area contributed by atoms with Crippen molar-refractivity contribution >= 4 is 19.7 Å². The van der Waals surface area contributed by atoms with Crippen molar-refractivity contribution in [2.24, 2.45) is 0 Å². The molecule has 0 saturated carbocycles. The van der Waals surface area contributed by atoms with Gasteiger partial charge in [-0.25, -0.2) is 8.42 Å². The fourth-order valence-electron chi connectivity index (χ4n) is 1.09. The zero-order valence-corrected chi connectivity index (χ0v) is 9.47. The molecular formula is C9H8ClNO3S. The van der Waals surface area contributed by atoms with Crippen LogP contribution in [-0.2, 0) is 9.05 Å². The van der Waals surface area contributed by atoms with Gasteiger partial charge in [0.2, 0.25) is 0 Å². The van der Waals surface area contributed by atoms with Crippen LogP contribution in [0.15, 0.2) is 23.1 Å². The first-order valence-corrected chi connectivity index (χ1v) is 6.42. The van der Waals surface area contributed by atoms with Crippen LogP contribution in [0.1, 0.15) is 12.5 Å². The summed E-state index contributed by atoms with van der Waals surface area (Å²) < 4.78 is 27.4. The summed E-state index contributed by atoms with van der Waals surface area (Å²) in [4.78, 5) is -0.176. The van der Waals surface area contributed by atoms with E-state index in [4.69, 9.17) is 20.7 Å². The molecule has 0 bridgehead atoms. The molecule has 0 aromatic heterocycles. The number of benzene rings is 1. The zero-order valence-electron chi connectivity index (χ0n) is 7.90. The van der Waals surface area contributed by atoms with Gasteiger partial charge in [0.05, 0.1) is 12.2 Å². The molecule has 0 heterocycles. The summed E-state index contributed by atoms with van der Waals surface area (Å²) in [7, 11) is 1.32. The first kappa shape index (κ1) is 11.8. The summed E-state index contributed by atoms with van der Waals surface area (Å²) >= 11 is 0. The molecule has 0 saturated heterocycles. The van der Waals surface area contributed by atoms with Crippen molar-refractivity contribution in [3.8, 4) is 11.8 Å². The van der Waals surface area contributed by atoms with Crippen LogP contribution in [0.3, 0.4) is 0 Å². The van der Waals surface area contributed by atoms with Gasteiger partial charge in [-0.15, -0.1) is 0 Å². The SMILES string of the molecule is CCOc1c(C#N)cccc1S(=O)(=O)Cl. The van der Waals surface area contributed by atoms with E-state index in [9.17, 15) is 8.42 Å². The summed E-state index contributed by atoms with van der Waals surface area (Å²) in [6.45, 7) is 1.96. The van der Waals surface area contributed by atoms with Crippen LogP contribution in [0.5, 0.6) is 5.75 Å². The lowest BCUT2D eigenvalue weighted by Crippen LogP contribution is -2.01. The van der Waals surface area contributed by atoms with Gasteiger partial charge in [-0.05, 0) is 19.1 Å². The highest BCUT2D eigenvalue weighted by Crippen LogP contribution is 2.30. The molecule has 0 atom stereocenters. The van der Waals surface area contributed by atoms with Crippen LogP contribution in [0.25, 0.3) is 0 Å². The molecule has 0 aliphatic rings. The maximum Gasteiger partial charge on any atom is 0.265 e. The number of nitriles is 1. The van der Waals surface area contributed by atoms with E-state index in [-0.39, 0.29) is 22.8 Å². The summed E-state index contributed by atoms with van der Waals surface area (Å²) in [6, 6.07) is 6.05. The van der Waals surface area contributed by atoms with Crippen molar-refractivity contribution in [3.05, 3.63) is 23.8 Å². The zero-order chi connectivity index (χ0) is 11.5. The number of nitrogens with zero attached hydrogens (tertiary/aromatic N) is 1. The van der Waals surface area contributed by atoms with E-state index >= 15 is 0 Å². The lowest BCUT2D eigenvalue weighted by Gasteiger charge is -2.08. The first-order chi connectivity index (χ1) is 7.00. The second-order valence-corrected chi connectivity index (χ2v) is 5.15. The van der Waals surface area contributed by atoms with E-state index in [1.165, 1.54) is 18.2 Å². The van der Waals surface area contributed by atoms with Gasteiger partial charge in [0.25, 0.3) is 9.05 Å². The highest BCUT2D eigenvalue weighted by molar-refractivity contribution is 8.13. The molecule has 0 fully saturated rings.